The second kappa shape index (κ2) is 7.21. The zero-order chi connectivity index (χ0) is 15.2. The van der Waals surface area contributed by atoms with Crippen molar-refractivity contribution in [3.63, 3.8) is 0 Å². The molecule has 1 fully saturated rings. The van der Waals surface area contributed by atoms with Crippen LogP contribution < -0.4 is 5.73 Å². The smallest absolute Gasteiger partial charge is 0.256 e. The number of benzene rings is 1. The molecule has 1 aromatic carbocycles. The van der Waals surface area contributed by atoms with Crippen molar-refractivity contribution < 1.29 is 13.9 Å². The van der Waals surface area contributed by atoms with Gasteiger partial charge in [0.05, 0.1) is 24.8 Å². The minimum absolute atomic E-state index is 0.0282. The van der Waals surface area contributed by atoms with Crippen molar-refractivity contribution in [1.29, 1.82) is 0 Å². The molecule has 0 bridgehead atoms. The number of morpholine rings is 1. The predicted octanol–water partition coefficient (Wildman–Crippen LogP) is 1.39. The average molecular weight is 290 g/mol. The summed E-state index contributed by atoms with van der Waals surface area (Å²) in [6.07, 6.45) is 0.861. The summed E-state index contributed by atoms with van der Waals surface area (Å²) in [7, 11) is 0. The van der Waals surface area contributed by atoms with Gasteiger partial charge in [-0.25, -0.2) is 4.39 Å². The van der Waals surface area contributed by atoms with E-state index in [1.54, 1.807) is 11.0 Å². The fourth-order valence-electron chi connectivity index (χ4n) is 2.24. The van der Waals surface area contributed by atoms with Gasteiger partial charge in [0.15, 0.2) is 0 Å². The van der Waals surface area contributed by atoms with Gasteiger partial charge >= 0.3 is 0 Å². The minimum Gasteiger partial charge on any atom is -0.375 e. The third-order valence-corrected chi connectivity index (χ3v) is 3.42. The summed E-state index contributed by atoms with van der Waals surface area (Å²) in [6, 6.07) is 4.39. The third kappa shape index (κ3) is 3.81. The van der Waals surface area contributed by atoms with Gasteiger partial charge in [0, 0.05) is 18.7 Å². The quantitative estimate of drug-likeness (QED) is 0.837. The molecule has 1 unspecified atom stereocenters. The van der Waals surface area contributed by atoms with Crippen molar-refractivity contribution in [2.45, 2.75) is 19.4 Å². The van der Waals surface area contributed by atoms with E-state index in [1.807, 2.05) is 6.92 Å². The predicted molar refractivity (Wildman–Crippen MR) is 78.3 cm³/mol. The molecule has 1 aliphatic rings. The SMILES string of the molecule is CCC1CN(C(=O)c2ccc(C#CCN)cc2F)CCO1. The summed E-state index contributed by atoms with van der Waals surface area (Å²) in [5.74, 6) is 4.55. The highest BCUT2D eigenvalue weighted by molar-refractivity contribution is 5.94. The molecule has 112 valence electrons. The Morgan fingerprint density at radius 2 is 2.38 bits per heavy atom. The first-order valence-corrected chi connectivity index (χ1v) is 7.05. The van der Waals surface area contributed by atoms with Gasteiger partial charge in [-0.3, -0.25) is 4.79 Å². The fourth-order valence-corrected chi connectivity index (χ4v) is 2.24. The molecule has 5 heteroatoms. The van der Waals surface area contributed by atoms with Crippen molar-refractivity contribution >= 4 is 5.91 Å². The number of carbonyl (C=O) groups is 1. The summed E-state index contributed by atoms with van der Waals surface area (Å²) in [5.41, 5.74) is 5.87. The van der Waals surface area contributed by atoms with Crippen LogP contribution in [-0.4, -0.2) is 43.2 Å². The van der Waals surface area contributed by atoms with Crippen LogP contribution in [0.1, 0.15) is 29.3 Å². The van der Waals surface area contributed by atoms with Crippen LogP contribution in [0.3, 0.4) is 0 Å². The highest BCUT2D eigenvalue weighted by atomic mass is 19.1. The maximum absolute atomic E-state index is 14.1. The van der Waals surface area contributed by atoms with E-state index >= 15 is 0 Å². The maximum Gasteiger partial charge on any atom is 0.256 e. The lowest BCUT2D eigenvalue weighted by Crippen LogP contribution is -2.45. The van der Waals surface area contributed by atoms with Gasteiger partial charge < -0.3 is 15.4 Å². The molecule has 1 aromatic rings. The number of halogens is 1. The molecule has 2 N–H and O–H groups in total. The Balaban J connectivity index is 2.15. The van der Waals surface area contributed by atoms with Crippen molar-refractivity contribution in [3.8, 4) is 11.8 Å². The van der Waals surface area contributed by atoms with Crippen LogP contribution in [0.2, 0.25) is 0 Å². The number of nitrogens with two attached hydrogens (primary N) is 1. The highest BCUT2D eigenvalue weighted by Gasteiger charge is 2.25. The lowest BCUT2D eigenvalue weighted by Gasteiger charge is -2.32. The lowest BCUT2D eigenvalue weighted by molar-refractivity contribution is -0.0227. The van der Waals surface area contributed by atoms with Crippen LogP contribution in [-0.2, 0) is 4.74 Å². The molecule has 1 atom stereocenters. The molecule has 0 aliphatic carbocycles. The topological polar surface area (TPSA) is 55.6 Å². The molecule has 1 heterocycles. The Hall–Kier alpha value is -1.90. The Morgan fingerprint density at radius 1 is 1.57 bits per heavy atom. The first kappa shape index (κ1) is 15.5. The second-order valence-electron chi connectivity index (χ2n) is 4.85. The number of nitrogens with zero attached hydrogens (tertiary/aromatic N) is 1. The minimum atomic E-state index is -0.552. The van der Waals surface area contributed by atoms with E-state index in [-0.39, 0.29) is 24.1 Å². The van der Waals surface area contributed by atoms with Gasteiger partial charge in [-0.05, 0) is 24.6 Å². The van der Waals surface area contributed by atoms with E-state index in [0.717, 1.165) is 6.42 Å². The Kier molecular flexibility index (Phi) is 5.32. The average Bonchev–Trinajstić information content (AvgIpc) is 2.52. The molecular formula is C16H19FN2O2. The molecule has 1 saturated heterocycles. The normalized spacial score (nSPS) is 18.0. The summed E-state index contributed by atoms with van der Waals surface area (Å²) < 4.78 is 19.6. The van der Waals surface area contributed by atoms with Crippen molar-refractivity contribution in [2.75, 3.05) is 26.2 Å². The van der Waals surface area contributed by atoms with Crippen molar-refractivity contribution in [3.05, 3.63) is 35.1 Å². The maximum atomic E-state index is 14.1. The van der Waals surface area contributed by atoms with E-state index in [0.29, 0.717) is 25.3 Å². The number of hydrogen-bond acceptors (Lipinski definition) is 3. The first-order valence-electron chi connectivity index (χ1n) is 7.05. The molecule has 1 aliphatic heterocycles. The van der Waals surface area contributed by atoms with Crippen LogP contribution in [0.25, 0.3) is 0 Å². The standard InChI is InChI=1S/C16H19FN2O2/c1-2-13-11-19(8-9-21-13)16(20)14-6-5-12(4-3-7-18)10-15(14)17/h5-6,10,13H,2,7-9,11,18H2,1H3. The monoisotopic (exact) mass is 290 g/mol. The van der Waals surface area contributed by atoms with Crippen LogP contribution in [0, 0.1) is 17.7 Å². The molecule has 0 spiro atoms. The van der Waals surface area contributed by atoms with E-state index in [2.05, 4.69) is 11.8 Å². The van der Waals surface area contributed by atoms with E-state index in [4.69, 9.17) is 10.5 Å². The van der Waals surface area contributed by atoms with E-state index < -0.39 is 5.82 Å². The molecular weight excluding hydrogens is 271 g/mol. The van der Waals surface area contributed by atoms with E-state index in [9.17, 15) is 9.18 Å². The summed E-state index contributed by atoms with van der Waals surface area (Å²) in [5, 5.41) is 0. The lowest BCUT2D eigenvalue weighted by atomic mass is 10.1. The van der Waals surface area contributed by atoms with Crippen LogP contribution >= 0.6 is 0 Å². The molecule has 2 rings (SSSR count). The number of ether oxygens (including phenoxy) is 1. The zero-order valence-electron chi connectivity index (χ0n) is 12.1. The van der Waals surface area contributed by atoms with Gasteiger partial charge in [-0.1, -0.05) is 18.8 Å². The number of hydrogen-bond donors (Lipinski definition) is 1. The van der Waals surface area contributed by atoms with Gasteiger partial charge in [0.1, 0.15) is 5.82 Å². The first-order chi connectivity index (χ1) is 10.2. The van der Waals surface area contributed by atoms with Gasteiger partial charge in [-0.15, -0.1) is 0 Å². The number of carbonyl (C=O) groups excluding carboxylic acids is 1. The molecule has 0 saturated carbocycles. The third-order valence-electron chi connectivity index (χ3n) is 3.42. The van der Waals surface area contributed by atoms with Crippen LogP contribution in [0.5, 0.6) is 0 Å². The zero-order valence-corrected chi connectivity index (χ0v) is 12.1. The number of rotatable bonds is 2. The molecule has 1 amide bonds. The summed E-state index contributed by atoms with van der Waals surface area (Å²) in [6.45, 7) is 3.71. The molecule has 4 nitrogen and oxygen atoms in total. The van der Waals surface area contributed by atoms with Crippen molar-refractivity contribution in [1.82, 2.24) is 4.90 Å². The summed E-state index contributed by atoms with van der Waals surface area (Å²) in [4.78, 5) is 14.0. The Morgan fingerprint density at radius 3 is 3.05 bits per heavy atom. The van der Waals surface area contributed by atoms with Gasteiger partial charge in [-0.2, -0.15) is 0 Å². The largest absolute Gasteiger partial charge is 0.375 e. The highest BCUT2D eigenvalue weighted by Crippen LogP contribution is 2.16. The van der Waals surface area contributed by atoms with Gasteiger partial charge in [0.2, 0.25) is 0 Å². The van der Waals surface area contributed by atoms with Gasteiger partial charge in [0.25, 0.3) is 5.91 Å². The second-order valence-corrected chi connectivity index (χ2v) is 4.85. The summed E-state index contributed by atoms with van der Waals surface area (Å²) >= 11 is 0. The number of amides is 1. The Labute approximate surface area is 124 Å². The molecule has 0 aromatic heterocycles. The fraction of sp³-hybridized carbons (Fsp3) is 0.438. The molecule has 0 radical (unpaired) electrons. The van der Waals surface area contributed by atoms with Crippen LogP contribution in [0.4, 0.5) is 4.39 Å². The van der Waals surface area contributed by atoms with E-state index in [1.165, 1.54) is 12.1 Å². The van der Waals surface area contributed by atoms with Crippen molar-refractivity contribution in [2.24, 2.45) is 5.73 Å². The Bertz CT molecular complexity index is 577. The van der Waals surface area contributed by atoms with Crippen LogP contribution in [0.15, 0.2) is 18.2 Å². The molecule has 21 heavy (non-hydrogen) atoms.